The molecule has 1 fully saturated rings. The predicted molar refractivity (Wildman–Crippen MR) is 51.1 cm³/mol. The summed E-state index contributed by atoms with van der Waals surface area (Å²) in [5, 5.41) is 3.54. The lowest BCUT2D eigenvalue weighted by molar-refractivity contribution is 0.497. The van der Waals surface area contributed by atoms with Crippen LogP contribution in [-0.4, -0.2) is 29.5 Å². The van der Waals surface area contributed by atoms with E-state index in [1.165, 1.54) is 17.9 Å². The van der Waals surface area contributed by atoms with E-state index in [0.717, 1.165) is 6.04 Å². The van der Waals surface area contributed by atoms with Crippen molar-refractivity contribution in [3.05, 3.63) is 0 Å². The maximum atomic E-state index is 4.08. The van der Waals surface area contributed by atoms with E-state index in [4.69, 9.17) is 0 Å². The van der Waals surface area contributed by atoms with Crippen LogP contribution in [0, 0.1) is 0 Å². The molecule has 0 saturated carbocycles. The third kappa shape index (κ3) is 2.43. The van der Waals surface area contributed by atoms with E-state index in [-0.39, 0.29) is 0 Å². The average molecular weight is 159 g/mol. The van der Waals surface area contributed by atoms with Gasteiger partial charge in [-0.25, -0.2) is 0 Å². The van der Waals surface area contributed by atoms with Gasteiger partial charge in [0.05, 0.1) is 0 Å². The van der Waals surface area contributed by atoms with Crippen LogP contribution in [0.25, 0.3) is 0 Å². The maximum Gasteiger partial charge on any atom is 0.0163 e. The van der Waals surface area contributed by atoms with Crippen molar-refractivity contribution in [2.45, 2.75) is 32.4 Å². The van der Waals surface area contributed by atoms with E-state index < -0.39 is 0 Å². The Kier molecular flexibility index (Phi) is 2.93. The summed E-state index contributed by atoms with van der Waals surface area (Å²) in [7, 11) is 0.468. The maximum absolute atomic E-state index is 4.08. The monoisotopic (exact) mass is 159 g/mol. The summed E-state index contributed by atoms with van der Waals surface area (Å²) in [6.07, 6.45) is 1.34. The van der Waals surface area contributed by atoms with Crippen LogP contribution in [0.5, 0.6) is 0 Å². The summed E-state index contributed by atoms with van der Waals surface area (Å²) in [4.78, 5) is 0. The molecule has 0 aromatic rings. The van der Waals surface area contributed by atoms with Crippen LogP contribution in [0.15, 0.2) is 0 Å². The van der Waals surface area contributed by atoms with E-state index >= 15 is 0 Å². The highest BCUT2D eigenvalue weighted by atomic mass is 32.2. The van der Waals surface area contributed by atoms with Crippen LogP contribution in [0.2, 0.25) is 0 Å². The standard InChI is InChI=1S/C8H17NS/c1-7(2)9-8-4-5-10(3)6-8/h7-9H,3-6H2,1-2H3. The van der Waals surface area contributed by atoms with Gasteiger partial charge < -0.3 is 5.32 Å². The first-order valence-corrected chi connectivity index (χ1v) is 5.65. The summed E-state index contributed by atoms with van der Waals surface area (Å²) in [6, 6.07) is 1.40. The number of hydrogen-bond acceptors (Lipinski definition) is 1. The molecule has 0 spiro atoms. The van der Waals surface area contributed by atoms with Gasteiger partial charge in [-0.3, -0.25) is 0 Å². The van der Waals surface area contributed by atoms with E-state index in [9.17, 15) is 0 Å². The first-order valence-electron chi connectivity index (χ1n) is 3.91. The van der Waals surface area contributed by atoms with E-state index in [2.05, 4.69) is 25.0 Å². The molecule has 10 heavy (non-hydrogen) atoms. The zero-order valence-corrected chi connectivity index (χ0v) is 7.71. The highest BCUT2D eigenvalue weighted by Crippen LogP contribution is 2.23. The van der Waals surface area contributed by atoms with Crippen molar-refractivity contribution in [2.24, 2.45) is 0 Å². The van der Waals surface area contributed by atoms with Gasteiger partial charge in [-0.1, -0.05) is 19.7 Å². The highest BCUT2D eigenvalue weighted by Gasteiger charge is 2.16. The predicted octanol–water partition coefficient (Wildman–Crippen LogP) is 1.46. The van der Waals surface area contributed by atoms with Crippen LogP contribution < -0.4 is 5.32 Å². The van der Waals surface area contributed by atoms with Gasteiger partial charge in [0.25, 0.3) is 0 Å². The third-order valence-corrected chi connectivity index (χ3v) is 3.45. The van der Waals surface area contributed by atoms with Crippen molar-refractivity contribution in [2.75, 3.05) is 11.5 Å². The fourth-order valence-corrected chi connectivity index (χ4v) is 2.98. The molecule has 1 rings (SSSR count). The van der Waals surface area contributed by atoms with Crippen LogP contribution in [0.3, 0.4) is 0 Å². The van der Waals surface area contributed by atoms with Crippen LogP contribution in [0.1, 0.15) is 20.3 Å². The second-order valence-corrected chi connectivity index (χ2v) is 5.26. The summed E-state index contributed by atoms with van der Waals surface area (Å²) >= 11 is 0. The summed E-state index contributed by atoms with van der Waals surface area (Å²) in [6.45, 7) is 4.42. The average Bonchev–Trinajstić information content (AvgIpc) is 2.13. The van der Waals surface area contributed by atoms with Gasteiger partial charge in [0.2, 0.25) is 0 Å². The fourth-order valence-electron chi connectivity index (χ4n) is 1.36. The number of rotatable bonds is 2. The van der Waals surface area contributed by atoms with Gasteiger partial charge in [-0.05, 0) is 12.2 Å². The lowest BCUT2D eigenvalue weighted by atomic mass is 10.2. The Bertz CT molecular complexity index is 131. The minimum Gasteiger partial charge on any atom is -0.311 e. The van der Waals surface area contributed by atoms with Crippen molar-refractivity contribution in [3.63, 3.8) is 0 Å². The van der Waals surface area contributed by atoms with Gasteiger partial charge in [-0.2, -0.15) is 10.5 Å². The molecule has 2 atom stereocenters. The third-order valence-electron chi connectivity index (χ3n) is 1.76. The molecule has 60 valence electrons. The van der Waals surface area contributed by atoms with Crippen molar-refractivity contribution in [1.82, 2.24) is 5.32 Å². The Labute approximate surface area is 66.1 Å². The Morgan fingerprint density at radius 3 is 2.70 bits per heavy atom. The molecule has 1 aliphatic rings. The summed E-state index contributed by atoms with van der Waals surface area (Å²) in [5.41, 5.74) is 0. The van der Waals surface area contributed by atoms with Crippen molar-refractivity contribution >= 4 is 16.4 Å². The second-order valence-electron chi connectivity index (χ2n) is 3.29. The first-order chi connectivity index (χ1) is 4.68. The molecule has 0 aromatic carbocycles. The molecule has 1 nitrogen and oxygen atoms in total. The molecule has 1 aliphatic heterocycles. The second kappa shape index (κ2) is 3.54. The lowest BCUT2D eigenvalue weighted by Crippen LogP contribution is -2.34. The molecule has 0 aromatic heterocycles. The van der Waals surface area contributed by atoms with Gasteiger partial charge in [0.1, 0.15) is 0 Å². The molecule has 1 N–H and O–H groups in total. The zero-order chi connectivity index (χ0) is 7.56. The Morgan fingerprint density at radius 1 is 1.60 bits per heavy atom. The van der Waals surface area contributed by atoms with Crippen LogP contribution in [0.4, 0.5) is 0 Å². The van der Waals surface area contributed by atoms with E-state index in [1.54, 1.807) is 0 Å². The SMILES string of the molecule is C=S1CCC(NC(C)C)C1. The Balaban J connectivity index is 2.24. The molecule has 1 heterocycles. The molecular weight excluding hydrogens is 142 g/mol. The number of nitrogens with one attached hydrogen (secondary N) is 1. The Hall–Kier alpha value is 0.180. The summed E-state index contributed by atoms with van der Waals surface area (Å²) in [5.74, 6) is 6.72. The molecule has 0 amide bonds. The number of hydrogen-bond donors (Lipinski definition) is 1. The van der Waals surface area contributed by atoms with E-state index in [0.29, 0.717) is 16.5 Å². The quantitative estimate of drug-likeness (QED) is 0.601. The summed E-state index contributed by atoms with van der Waals surface area (Å²) < 4.78 is 0. The lowest BCUT2D eigenvalue weighted by Gasteiger charge is -2.14. The minimum absolute atomic E-state index is 0.468. The van der Waals surface area contributed by atoms with Crippen LogP contribution >= 0.6 is 10.5 Å². The molecule has 2 heteroatoms. The van der Waals surface area contributed by atoms with Crippen LogP contribution in [-0.2, 0) is 0 Å². The normalized spacial score (nSPS) is 33.5. The van der Waals surface area contributed by atoms with Crippen molar-refractivity contribution in [1.29, 1.82) is 0 Å². The van der Waals surface area contributed by atoms with Gasteiger partial charge in [0, 0.05) is 17.8 Å². The van der Waals surface area contributed by atoms with Crippen molar-refractivity contribution < 1.29 is 0 Å². The minimum atomic E-state index is 0.468. The van der Waals surface area contributed by atoms with Gasteiger partial charge in [-0.15, -0.1) is 0 Å². The fraction of sp³-hybridized carbons (Fsp3) is 0.875. The van der Waals surface area contributed by atoms with Crippen molar-refractivity contribution in [3.8, 4) is 0 Å². The molecular formula is C8H17NS. The molecule has 0 radical (unpaired) electrons. The van der Waals surface area contributed by atoms with Gasteiger partial charge in [0.15, 0.2) is 0 Å². The highest BCUT2D eigenvalue weighted by molar-refractivity contribution is 8.14. The molecule has 1 saturated heterocycles. The Morgan fingerprint density at radius 2 is 2.30 bits per heavy atom. The zero-order valence-electron chi connectivity index (χ0n) is 6.89. The first kappa shape index (κ1) is 8.28. The molecule has 0 bridgehead atoms. The largest absolute Gasteiger partial charge is 0.311 e. The topological polar surface area (TPSA) is 12.0 Å². The van der Waals surface area contributed by atoms with E-state index in [1.807, 2.05) is 0 Å². The molecule has 0 aliphatic carbocycles. The van der Waals surface area contributed by atoms with Gasteiger partial charge >= 0.3 is 0 Å². The molecule has 2 unspecified atom stereocenters. The smallest absolute Gasteiger partial charge is 0.0163 e.